The number of thiol groups is 1. The Morgan fingerprint density at radius 2 is 2.17 bits per heavy atom. The van der Waals surface area contributed by atoms with E-state index in [2.05, 4.69) is 6.58 Å². The van der Waals surface area contributed by atoms with Gasteiger partial charge in [-0.15, -0.1) is 6.58 Å². The Morgan fingerprint density at radius 1 is 1.67 bits per heavy atom. The summed E-state index contributed by atoms with van der Waals surface area (Å²) in [7, 11) is -2.22. The van der Waals surface area contributed by atoms with Gasteiger partial charge in [0.1, 0.15) is 10.7 Å². The van der Waals surface area contributed by atoms with E-state index < -0.39 is 10.7 Å². The van der Waals surface area contributed by atoms with Crippen molar-refractivity contribution in [3.8, 4) is 0 Å². The maximum absolute atomic E-state index is 9.57. The summed E-state index contributed by atoms with van der Waals surface area (Å²) in [6.07, 6.45) is 1.35. The lowest BCUT2D eigenvalue weighted by molar-refractivity contribution is 0.617. The van der Waals surface area contributed by atoms with E-state index in [4.69, 9.17) is 0 Å². The van der Waals surface area contributed by atoms with Gasteiger partial charge in [-0.3, -0.25) is 0 Å². The molecule has 0 aromatic rings. The van der Waals surface area contributed by atoms with Gasteiger partial charge in [0.2, 0.25) is 0 Å². The van der Waals surface area contributed by atoms with Gasteiger partial charge in [-0.05, 0) is 0 Å². The minimum absolute atomic E-state index is 0.0926. The summed E-state index contributed by atoms with van der Waals surface area (Å²) in [5.41, 5.74) is 0. The average Bonchev–Trinajstić information content (AvgIpc) is 1.35. The maximum atomic E-state index is 9.57. The lowest BCUT2D eigenvalue weighted by Gasteiger charge is -1.65. The molecule has 0 aromatic heterocycles. The fourth-order valence-corrected chi connectivity index (χ4v) is 0.316. The molecule has 0 saturated carbocycles. The Labute approximate surface area is 38.4 Å². The Morgan fingerprint density at radius 3 is 2.17 bits per heavy atom. The zero-order valence-corrected chi connectivity index (χ0v) is 4.15. The molecule has 0 fully saturated rings. The summed E-state index contributed by atoms with van der Waals surface area (Å²) in [6.45, 7) is 3.22. The lowest BCUT2D eigenvalue weighted by atomic mass is 10.8. The van der Waals surface area contributed by atoms with Crippen LogP contribution in [0.1, 0.15) is 0 Å². The standard InChI is InChI=1S/C3H6O2S/c1-2-3-6(4)5/h2,6H,1,3H2. The molecule has 3 heteroatoms. The lowest BCUT2D eigenvalue weighted by Crippen LogP contribution is -1.76. The zero-order chi connectivity index (χ0) is 4.99. The highest BCUT2D eigenvalue weighted by Gasteiger charge is 1.70. The number of hydrogen-bond donors (Lipinski definition) is 1. The molecule has 0 atom stereocenters. The molecule has 0 radical (unpaired) electrons. The third-order valence-electron chi connectivity index (χ3n) is 0.278. The van der Waals surface area contributed by atoms with Gasteiger partial charge in [0.15, 0.2) is 0 Å². The minimum Gasteiger partial charge on any atom is -0.232 e. The van der Waals surface area contributed by atoms with Crippen LogP contribution in [-0.4, -0.2) is 14.2 Å². The van der Waals surface area contributed by atoms with Crippen molar-refractivity contribution in [2.75, 3.05) is 5.75 Å². The molecule has 6 heavy (non-hydrogen) atoms. The van der Waals surface area contributed by atoms with Gasteiger partial charge in [-0.1, -0.05) is 6.08 Å². The summed E-state index contributed by atoms with van der Waals surface area (Å²) in [5.74, 6) is 0.0926. The van der Waals surface area contributed by atoms with Gasteiger partial charge >= 0.3 is 0 Å². The van der Waals surface area contributed by atoms with Crippen LogP contribution in [-0.2, 0) is 10.7 Å². The molecule has 0 aliphatic heterocycles. The molecule has 0 rings (SSSR count). The molecule has 0 unspecified atom stereocenters. The van der Waals surface area contributed by atoms with E-state index in [0.29, 0.717) is 0 Å². The Balaban J connectivity index is 3.32. The van der Waals surface area contributed by atoms with Crippen LogP contribution < -0.4 is 0 Å². The molecular formula is C3H6O2S. The Bertz CT molecular complexity index is 95.4. The van der Waals surface area contributed by atoms with Crippen LogP contribution in [0, 0.1) is 0 Å². The van der Waals surface area contributed by atoms with Crippen molar-refractivity contribution in [3.63, 3.8) is 0 Å². The van der Waals surface area contributed by atoms with E-state index in [0.717, 1.165) is 0 Å². The molecule has 0 spiro atoms. The molecule has 2 nitrogen and oxygen atoms in total. The molecule has 0 aromatic carbocycles. The van der Waals surface area contributed by atoms with Crippen LogP contribution in [0.15, 0.2) is 12.7 Å². The van der Waals surface area contributed by atoms with E-state index in [1.54, 1.807) is 0 Å². The SMILES string of the molecule is C=CC[SH](=O)=O. The van der Waals surface area contributed by atoms with E-state index in [1.165, 1.54) is 6.08 Å². The first-order valence-electron chi connectivity index (χ1n) is 1.50. The summed E-state index contributed by atoms with van der Waals surface area (Å²) in [5, 5.41) is 0. The van der Waals surface area contributed by atoms with Crippen molar-refractivity contribution < 1.29 is 8.42 Å². The predicted molar refractivity (Wildman–Crippen MR) is 25.4 cm³/mol. The smallest absolute Gasteiger partial charge is 0.143 e. The first-order chi connectivity index (χ1) is 2.77. The quantitative estimate of drug-likeness (QED) is 0.390. The largest absolute Gasteiger partial charge is 0.232 e. The minimum atomic E-state index is -2.22. The van der Waals surface area contributed by atoms with Gasteiger partial charge < -0.3 is 0 Å². The van der Waals surface area contributed by atoms with Gasteiger partial charge in [0.25, 0.3) is 0 Å². The highest BCUT2D eigenvalue weighted by Crippen LogP contribution is 1.61. The molecule has 0 N–H and O–H groups in total. The van der Waals surface area contributed by atoms with Crippen molar-refractivity contribution in [1.82, 2.24) is 0 Å². The van der Waals surface area contributed by atoms with Gasteiger partial charge in [-0.25, -0.2) is 8.42 Å². The predicted octanol–water partition coefficient (Wildman–Crippen LogP) is -0.216. The van der Waals surface area contributed by atoms with E-state index in [-0.39, 0.29) is 5.75 Å². The summed E-state index contributed by atoms with van der Waals surface area (Å²) >= 11 is 0. The van der Waals surface area contributed by atoms with Crippen molar-refractivity contribution >= 4 is 10.7 Å². The molecule has 0 heterocycles. The average molecular weight is 106 g/mol. The Hall–Kier alpha value is -0.310. The van der Waals surface area contributed by atoms with Crippen molar-refractivity contribution in [3.05, 3.63) is 12.7 Å². The molecule has 0 bridgehead atoms. The second-order valence-electron chi connectivity index (χ2n) is 0.804. The van der Waals surface area contributed by atoms with E-state index in [9.17, 15) is 8.42 Å². The number of hydrogen-bond acceptors (Lipinski definition) is 2. The topological polar surface area (TPSA) is 34.1 Å². The van der Waals surface area contributed by atoms with Crippen molar-refractivity contribution in [2.24, 2.45) is 0 Å². The number of rotatable bonds is 2. The Kier molecular flexibility index (Phi) is 2.75. The van der Waals surface area contributed by atoms with Gasteiger partial charge in [0.05, 0.1) is 5.75 Å². The molecule has 0 aliphatic rings. The highest BCUT2D eigenvalue weighted by molar-refractivity contribution is 7.72. The van der Waals surface area contributed by atoms with Crippen LogP contribution in [0.5, 0.6) is 0 Å². The summed E-state index contributed by atoms with van der Waals surface area (Å²) < 4.78 is 19.1. The monoisotopic (exact) mass is 106 g/mol. The fraction of sp³-hybridized carbons (Fsp3) is 0.333. The molecular weight excluding hydrogens is 100 g/mol. The van der Waals surface area contributed by atoms with Crippen molar-refractivity contribution in [1.29, 1.82) is 0 Å². The molecule has 0 amide bonds. The van der Waals surface area contributed by atoms with Crippen LogP contribution >= 0.6 is 0 Å². The second-order valence-corrected chi connectivity index (χ2v) is 1.83. The first-order valence-corrected chi connectivity index (χ1v) is 2.86. The maximum Gasteiger partial charge on any atom is 0.143 e. The third kappa shape index (κ3) is 3.69. The summed E-state index contributed by atoms with van der Waals surface area (Å²) in [4.78, 5) is 0. The molecule has 0 saturated heterocycles. The van der Waals surface area contributed by atoms with E-state index in [1.807, 2.05) is 0 Å². The van der Waals surface area contributed by atoms with Gasteiger partial charge in [-0.2, -0.15) is 0 Å². The zero-order valence-electron chi connectivity index (χ0n) is 3.26. The second kappa shape index (κ2) is 2.90. The third-order valence-corrected chi connectivity index (χ3v) is 0.835. The normalized spacial score (nSPS) is 8.83. The van der Waals surface area contributed by atoms with Crippen LogP contribution in [0.25, 0.3) is 0 Å². The molecule has 36 valence electrons. The van der Waals surface area contributed by atoms with E-state index >= 15 is 0 Å². The first kappa shape index (κ1) is 5.69. The fourth-order valence-electron chi connectivity index (χ4n) is 0.105. The van der Waals surface area contributed by atoms with Crippen molar-refractivity contribution in [2.45, 2.75) is 0 Å². The highest BCUT2D eigenvalue weighted by atomic mass is 32.2. The van der Waals surface area contributed by atoms with Crippen LogP contribution in [0.2, 0.25) is 0 Å². The molecule has 0 aliphatic carbocycles. The van der Waals surface area contributed by atoms with Crippen LogP contribution in [0.4, 0.5) is 0 Å². The summed E-state index contributed by atoms with van der Waals surface area (Å²) in [6, 6.07) is 0. The van der Waals surface area contributed by atoms with Gasteiger partial charge in [0, 0.05) is 0 Å². The van der Waals surface area contributed by atoms with Crippen LogP contribution in [0.3, 0.4) is 0 Å².